The number of carbonyl (C=O) groups excluding carboxylic acids is 1. The molecule has 38 heavy (non-hydrogen) atoms. The van der Waals surface area contributed by atoms with Crippen molar-refractivity contribution >= 4 is 15.9 Å². The summed E-state index contributed by atoms with van der Waals surface area (Å²) in [5.74, 6) is -0.0337. The number of nitrogens with zero attached hydrogens (tertiary/aromatic N) is 1. The first-order valence-electron chi connectivity index (χ1n) is 13.5. The molecule has 1 amide bonds. The first-order valence-corrected chi connectivity index (χ1v) is 14.9. The quantitative estimate of drug-likeness (QED) is 0.500. The standard InChI is InChI=1S/C30H37N3O4S/c1-22(33-29(34)25-14-7-9-16-27(25)38(33,35)36)18-19-30(24-12-4-3-5-13-24)28(17-10-20-32-30)31-21-23-11-6-8-15-26(23)37-2/h3-9,11-13,15-16,22,25,28,31-32H,10,14,17-21H2,1-2H3/t22?,25?,28-,30-/m0/s1. The van der Waals surface area contributed by atoms with Gasteiger partial charge in [-0.25, -0.2) is 12.7 Å². The number of hydrogen-bond acceptors (Lipinski definition) is 6. The van der Waals surface area contributed by atoms with Crippen LogP contribution >= 0.6 is 0 Å². The van der Waals surface area contributed by atoms with Gasteiger partial charge in [0.25, 0.3) is 10.0 Å². The van der Waals surface area contributed by atoms with Crippen LogP contribution in [0.5, 0.6) is 5.75 Å². The van der Waals surface area contributed by atoms with Crippen LogP contribution in [-0.4, -0.2) is 44.4 Å². The van der Waals surface area contributed by atoms with E-state index in [9.17, 15) is 13.2 Å². The van der Waals surface area contributed by atoms with Crippen LogP contribution in [-0.2, 0) is 26.9 Å². The number of ether oxygens (including phenoxy) is 1. The van der Waals surface area contributed by atoms with Crippen molar-refractivity contribution in [2.45, 2.75) is 63.2 Å². The van der Waals surface area contributed by atoms with Gasteiger partial charge in [-0.2, -0.15) is 0 Å². The van der Waals surface area contributed by atoms with Crippen LogP contribution in [0.3, 0.4) is 0 Å². The second kappa shape index (κ2) is 11.0. The summed E-state index contributed by atoms with van der Waals surface area (Å²) >= 11 is 0. The highest BCUT2D eigenvalue weighted by Gasteiger charge is 2.50. The predicted octanol–water partition coefficient (Wildman–Crippen LogP) is 4.23. The summed E-state index contributed by atoms with van der Waals surface area (Å²) in [7, 11) is -2.11. The molecule has 0 aromatic heterocycles. The molecule has 7 nitrogen and oxygen atoms in total. The van der Waals surface area contributed by atoms with Gasteiger partial charge in [0.05, 0.1) is 23.5 Å². The molecular weight excluding hydrogens is 498 g/mol. The summed E-state index contributed by atoms with van der Waals surface area (Å²) in [6.45, 7) is 3.39. The maximum absolute atomic E-state index is 13.3. The summed E-state index contributed by atoms with van der Waals surface area (Å²) in [5.41, 5.74) is 1.85. The van der Waals surface area contributed by atoms with Crippen molar-refractivity contribution in [2.24, 2.45) is 5.92 Å². The van der Waals surface area contributed by atoms with E-state index in [0.717, 1.165) is 35.0 Å². The van der Waals surface area contributed by atoms with E-state index in [-0.39, 0.29) is 16.9 Å². The van der Waals surface area contributed by atoms with Crippen molar-refractivity contribution in [2.75, 3.05) is 13.7 Å². The Kier molecular flexibility index (Phi) is 7.75. The Labute approximate surface area is 226 Å². The summed E-state index contributed by atoms with van der Waals surface area (Å²) in [6.07, 6.45) is 8.87. The number of amides is 1. The molecule has 0 radical (unpaired) electrons. The van der Waals surface area contributed by atoms with Crippen LogP contribution in [0.15, 0.2) is 77.7 Å². The lowest BCUT2D eigenvalue weighted by atomic mass is 9.74. The summed E-state index contributed by atoms with van der Waals surface area (Å²) in [4.78, 5) is 13.5. The largest absolute Gasteiger partial charge is 0.496 e. The number of piperidine rings is 1. The van der Waals surface area contributed by atoms with Crippen molar-refractivity contribution < 1.29 is 17.9 Å². The average molecular weight is 536 g/mol. The van der Waals surface area contributed by atoms with Crippen molar-refractivity contribution in [1.82, 2.24) is 14.9 Å². The molecular formula is C30H37N3O4S. The Morgan fingerprint density at radius 1 is 1.16 bits per heavy atom. The Bertz CT molecular complexity index is 1320. The van der Waals surface area contributed by atoms with Crippen LogP contribution in [0, 0.1) is 5.92 Å². The van der Waals surface area contributed by atoms with E-state index < -0.39 is 27.5 Å². The monoisotopic (exact) mass is 535 g/mol. The van der Waals surface area contributed by atoms with Crippen LogP contribution < -0.4 is 15.4 Å². The molecule has 2 heterocycles. The minimum absolute atomic E-state index is 0.108. The number of allylic oxidation sites excluding steroid dienone is 3. The van der Waals surface area contributed by atoms with Gasteiger partial charge in [-0.1, -0.05) is 60.7 Å². The Hall–Kier alpha value is -2.94. The third-order valence-corrected chi connectivity index (χ3v) is 10.3. The normalized spacial score (nSPS) is 27.1. The fourth-order valence-corrected chi connectivity index (χ4v) is 8.26. The number of benzene rings is 2. The molecule has 0 bridgehead atoms. The summed E-state index contributed by atoms with van der Waals surface area (Å²) in [5, 5.41) is 7.63. The van der Waals surface area contributed by atoms with E-state index in [0.29, 0.717) is 25.8 Å². The van der Waals surface area contributed by atoms with Gasteiger partial charge in [-0.3, -0.25) is 4.79 Å². The third-order valence-electron chi connectivity index (χ3n) is 8.27. The van der Waals surface area contributed by atoms with Crippen molar-refractivity contribution in [3.8, 4) is 5.75 Å². The fourth-order valence-electron chi connectivity index (χ4n) is 6.28. The highest BCUT2D eigenvalue weighted by Crippen LogP contribution is 2.41. The van der Waals surface area contributed by atoms with Gasteiger partial charge in [0.1, 0.15) is 5.75 Å². The highest BCUT2D eigenvalue weighted by atomic mass is 32.2. The summed E-state index contributed by atoms with van der Waals surface area (Å²) in [6, 6.07) is 18.1. The molecule has 1 aliphatic carbocycles. The number of para-hydroxylation sites is 1. The summed E-state index contributed by atoms with van der Waals surface area (Å²) < 4.78 is 33.4. The first kappa shape index (κ1) is 26.7. The molecule has 0 spiro atoms. The molecule has 4 atom stereocenters. The van der Waals surface area contributed by atoms with E-state index >= 15 is 0 Å². The van der Waals surface area contributed by atoms with Gasteiger partial charge in [0.15, 0.2) is 0 Å². The number of carbonyl (C=O) groups is 1. The van der Waals surface area contributed by atoms with E-state index in [1.165, 1.54) is 5.56 Å². The fraction of sp³-hybridized carbons (Fsp3) is 0.433. The van der Waals surface area contributed by atoms with Crippen LogP contribution in [0.2, 0.25) is 0 Å². The topological polar surface area (TPSA) is 87.7 Å². The lowest BCUT2D eigenvalue weighted by Gasteiger charge is -2.47. The van der Waals surface area contributed by atoms with Gasteiger partial charge in [-0.05, 0) is 63.3 Å². The molecule has 2 aliphatic heterocycles. The van der Waals surface area contributed by atoms with Crippen LogP contribution in [0.25, 0.3) is 0 Å². The zero-order valence-corrected chi connectivity index (χ0v) is 22.9. The number of nitrogens with one attached hydrogen (secondary N) is 2. The van der Waals surface area contributed by atoms with Crippen LogP contribution in [0.4, 0.5) is 0 Å². The van der Waals surface area contributed by atoms with E-state index in [1.54, 1.807) is 19.3 Å². The minimum atomic E-state index is -3.80. The number of rotatable bonds is 9. The first-order chi connectivity index (χ1) is 18.4. The molecule has 0 saturated carbocycles. The predicted molar refractivity (Wildman–Crippen MR) is 149 cm³/mol. The van der Waals surface area contributed by atoms with Gasteiger partial charge in [0.2, 0.25) is 5.91 Å². The van der Waals surface area contributed by atoms with Gasteiger partial charge >= 0.3 is 0 Å². The molecule has 2 fully saturated rings. The molecule has 3 aliphatic rings. The Morgan fingerprint density at radius 2 is 1.92 bits per heavy atom. The van der Waals surface area contributed by atoms with E-state index in [4.69, 9.17) is 4.74 Å². The number of hydrogen-bond donors (Lipinski definition) is 2. The maximum atomic E-state index is 13.3. The zero-order chi connectivity index (χ0) is 26.8. The second-order valence-electron chi connectivity index (χ2n) is 10.5. The average Bonchev–Trinajstić information content (AvgIpc) is 3.16. The van der Waals surface area contributed by atoms with Gasteiger partial charge in [0, 0.05) is 24.2 Å². The molecule has 202 valence electrons. The van der Waals surface area contributed by atoms with Crippen LogP contribution in [0.1, 0.15) is 50.2 Å². The third kappa shape index (κ3) is 4.81. The lowest BCUT2D eigenvalue weighted by Crippen LogP contribution is -2.60. The molecule has 2 N–H and O–H groups in total. The molecule has 8 heteroatoms. The SMILES string of the molecule is COc1ccccc1CN[C@H]1CCCN[C@@]1(CCC(C)N1C(=O)C2CC=CC=C2S1(=O)=O)c1ccccc1. The van der Waals surface area contributed by atoms with Crippen molar-refractivity contribution in [1.29, 1.82) is 0 Å². The number of fused-ring (bicyclic) bond motifs is 1. The van der Waals surface area contributed by atoms with E-state index in [1.807, 2.05) is 49.4 Å². The Balaban J connectivity index is 1.40. The number of sulfonamides is 1. The smallest absolute Gasteiger partial charge is 0.263 e. The maximum Gasteiger partial charge on any atom is 0.263 e. The second-order valence-corrected chi connectivity index (χ2v) is 12.3. The molecule has 2 aromatic carbocycles. The van der Waals surface area contributed by atoms with Crippen molar-refractivity contribution in [3.05, 3.63) is 88.9 Å². The molecule has 2 saturated heterocycles. The minimum Gasteiger partial charge on any atom is -0.496 e. The molecule has 2 unspecified atom stereocenters. The van der Waals surface area contributed by atoms with Gasteiger partial charge < -0.3 is 15.4 Å². The lowest BCUT2D eigenvalue weighted by molar-refractivity contribution is -0.129. The molecule has 5 rings (SSSR count). The zero-order valence-electron chi connectivity index (χ0n) is 22.1. The van der Waals surface area contributed by atoms with E-state index in [2.05, 4.69) is 28.8 Å². The Morgan fingerprint density at radius 3 is 2.68 bits per heavy atom. The highest BCUT2D eigenvalue weighted by molar-refractivity contribution is 7.94. The molecule has 2 aromatic rings. The van der Waals surface area contributed by atoms with Crippen molar-refractivity contribution in [3.63, 3.8) is 0 Å². The van der Waals surface area contributed by atoms with Gasteiger partial charge in [-0.15, -0.1) is 0 Å². The number of methoxy groups -OCH3 is 1.